The molecule has 0 aliphatic rings. The van der Waals surface area contributed by atoms with E-state index in [1.807, 2.05) is 0 Å². The number of allylic oxidation sites excluding steroid dienone is 20. The van der Waals surface area contributed by atoms with Crippen molar-refractivity contribution in [3.8, 4) is 0 Å². The molecule has 0 bridgehead atoms. The molecular weight excluding hydrogens is 889 g/mol. The fraction of sp³-hybridized carbons (Fsp3) is 0.652. The van der Waals surface area contributed by atoms with Crippen LogP contribution in [0.4, 0.5) is 0 Å². The highest BCUT2D eigenvalue weighted by Gasteiger charge is 2.19. The van der Waals surface area contributed by atoms with Crippen LogP contribution in [0, 0.1) is 0 Å². The molecule has 408 valence electrons. The van der Waals surface area contributed by atoms with Crippen LogP contribution in [0.1, 0.15) is 258 Å². The van der Waals surface area contributed by atoms with Crippen LogP contribution in [-0.4, -0.2) is 37.2 Å². The number of esters is 3. The Kier molecular flexibility index (Phi) is 55.9. The summed E-state index contributed by atoms with van der Waals surface area (Å²) in [7, 11) is 0. The van der Waals surface area contributed by atoms with Crippen molar-refractivity contribution in [1.82, 2.24) is 0 Å². The van der Waals surface area contributed by atoms with Gasteiger partial charge in [0, 0.05) is 19.3 Å². The van der Waals surface area contributed by atoms with E-state index in [2.05, 4.69) is 142 Å². The van der Waals surface area contributed by atoms with Gasteiger partial charge in [-0.05, 0) is 109 Å². The normalized spacial score (nSPS) is 13.0. The Bertz CT molecular complexity index is 1520. The van der Waals surface area contributed by atoms with Crippen molar-refractivity contribution in [2.24, 2.45) is 0 Å². The summed E-state index contributed by atoms with van der Waals surface area (Å²) in [6.07, 6.45) is 82.2. The number of hydrogen-bond donors (Lipinski definition) is 0. The smallest absolute Gasteiger partial charge is 0.306 e. The van der Waals surface area contributed by atoms with Gasteiger partial charge in [0.15, 0.2) is 6.10 Å². The number of ether oxygens (including phenoxy) is 3. The van der Waals surface area contributed by atoms with Gasteiger partial charge in [0.05, 0.1) is 0 Å². The van der Waals surface area contributed by atoms with Crippen molar-refractivity contribution < 1.29 is 28.6 Å². The van der Waals surface area contributed by atoms with Crippen LogP contribution in [0.25, 0.3) is 0 Å². The van der Waals surface area contributed by atoms with E-state index >= 15 is 0 Å². The highest BCUT2D eigenvalue weighted by molar-refractivity contribution is 5.71. The first-order valence-electron chi connectivity index (χ1n) is 29.5. The number of carbonyl (C=O) groups is 3. The second-order valence-electron chi connectivity index (χ2n) is 19.1. The van der Waals surface area contributed by atoms with Crippen molar-refractivity contribution in [1.29, 1.82) is 0 Å². The minimum Gasteiger partial charge on any atom is -0.462 e. The van der Waals surface area contributed by atoms with Crippen LogP contribution in [0.15, 0.2) is 122 Å². The zero-order chi connectivity index (χ0) is 52.2. The Labute approximate surface area is 443 Å². The molecule has 0 fully saturated rings. The molecule has 0 aromatic rings. The Morgan fingerprint density at radius 1 is 0.292 bits per heavy atom. The Balaban J connectivity index is 4.16. The first-order valence-corrected chi connectivity index (χ1v) is 29.5. The summed E-state index contributed by atoms with van der Waals surface area (Å²) in [5.74, 6) is -0.916. The molecule has 72 heavy (non-hydrogen) atoms. The summed E-state index contributed by atoms with van der Waals surface area (Å²) in [4.78, 5) is 37.9. The zero-order valence-corrected chi connectivity index (χ0v) is 46.7. The van der Waals surface area contributed by atoms with E-state index < -0.39 is 6.10 Å². The van der Waals surface area contributed by atoms with Gasteiger partial charge >= 0.3 is 17.9 Å². The van der Waals surface area contributed by atoms with Gasteiger partial charge in [-0.3, -0.25) is 14.4 Å². The van der Waals surface area contributed by atoms with Gasteiger partial charge in [0.1, 0.15) is 13.2 Å². The molecule has 0 aromatic heterocycles. The fourth-order valence-corrected chi connectivity index (χ4v) is 7.85. The molecule has 0 aliphatic heterocycles. The minimum atomic E-state index is -0.787. The van der Waals surface area contributed by atoms with E-state index in [1.54, 1.807) is 0 Å². The number of carbonyl (C=O) groups excluding carboxylic acids is 3. The van der Waals surface area contributed by atoms with Crippen LogP contribution in [0.2, 0.25) is 0 Å². The molecule has 6 nitrogen and oxygen atoms in total. The van der Waals surface area contributed by atoms with E-state index in [1.165, 1.54) is 83.5 Å². The molecule has 0 N–H and O–H groups in total. The average Bonchev–Trinajstić information content (AvgIpc) is 3.38. The van der Waals surface area contributed by atoms with Crippen LogP contribution in [0.3, 0.4) is 0 Å². The maximum Gasteiger partial charge on any atom is 0.306 e. The van der Waals surface area contributed by atoms with E-state index in [9.17, 15) is 14.4 Å². The third-order valence-corrected chi connectivity index (χ3v) is 12.2. The highest BCUT2D eigenvalue weighted by Crippen LogP contribution is 2.15. The number of rotatable bonds is 52. The van der Waals surface area contributed by atoms with Crippen molar-refractivity contribution in [2.75, 3.05) is 13.2 Å². The molecular formula is C66H108O6. The summed E-state index contributed by atoms with van der Waals surface area (Å²) < 4.78 is 16.8. The van der Waals surface area contributed by atoms with Crippen molar-refractivity contribution in [2.45, 2.75) is 264 Å². The number of hydrogen-bond acceptors (Lipinski definition) is 6. The van der Waals surface area contributed by atoms with Gasteiger partial charge in [-0.2, -0.15) is 0 Å². The topological polar surface area (TPSA) is 78.9 Å². The van der Waals surface area contributed by atoms with Gasteiger partial charge in [-0.15, -0.1) is 0 Å². The van der Waals surface area contributed by atoms with Gasteiger partial charge in [-0.25, -0.2) is 0 Å². The van der Waals surface area contributed by atoms with Crippen LogP contribution < -0.4 is 0 Å². The van der Waals surface area contributed by atoms with E-state index in [0.29, 0.717) is 19.3 Å². The fourth-order valence-electron chi connectivity index (χ4n) is 7.85. The third-order valence-electron chi connectivity index (χ3n) is 12.2. The lowest BCUT2D eigenvalue weighted by Crippen LogP contribution is -2.30. The minimum absolute atomic E-state index is 0.0869. The third kappa shape index (κ3) is 56.7. The predicted octanol–water partition coefficient (Wildman–Crippen LogP) is 20.0. The molecule has 0 amide bonds. The Morgan fingerprint density at radius 2 is 0.542 bits per heavy atom. The summed E-state index contributed by atoms with van der Waals surface area (Å²) in [5.41, 5.74) is 0. The zero-order valence-electron chi connectivity index (χ0n) is 46.7. The standard InChI is InChI=1S/C66H108O6/c1-4-7-10-13-16-18-20-22-24-26-28-29-30-31-32-33-34-35-36-37-39-40-42-44-46-48-50-53-56-59-65(68)71-62-63(61-70-64(67)58-55-52-15-12-9-6-3)72-66(69)60-57-54-51-49-47-45-43-41-38-27-25-23-21-19-17-14-11-8-5-2/h7-8,10-11,16-19,22-25,28-29,31-32,34-35,38,41,63H,4-6,9,12-15,20-21,26-27,30,33,36-37,39-40,42-62H2,1-3H3/b10-7-,11-8-,18-16-,19-17-,24-22-,25-23-,29-28-,32-31-,35-34-,41-38-. The molecule has 0 heterocycles. The summed E-state index contributed by atoms with van der Waals surface area (Å²) in [6, 6.07) is 0. The molecule has 1 atom stereocenters. The SMILES string of the molecule is CC/C=C\C/C=C\C/C=C\C/C=C\C/C=C\C/C=C\CCCCCCCCCCCCC(=O)OCC(COC(=O)CCCCCCCC)OC(=O)CCCCCCCC/C=C\C/C=C\C/C=C\C/C=C\CC. The molecule has 0 aliphatic carbocycles. The predicted molar refractivity (Wildman–Crippen MR) is 311 cm³/mol. The van der Waals surface area contributed by atoms with Gasteiger partial charge < -0.3 is 14.2 Å². The Morgan fingerprint density at radius 3 is 0.847 bits per heavy atom. The van der Waals surface area contributed by atoms with Gasteiger partial charge in [0.2, 0.25) is 0 Å². The second kappa shape index (κ2) is 59.4. The van der Waals surface area contributed by atoms with Crippen LogP contribution in [-0.2, 0) is 28.6 Å². The molecule has 6 heteroatoms. The average molecular weight is 998 g/mol. The van der Waals surface area contributed by atoms with E-state index in [4.69, 9.17) is 14.2 Å². The van der Waals surface area contributed by atoms with E-state index in [-0.39, 0.29) is 31.1 Å². The molecule has 0 aromatic carbocycles. The quantitative estimate of drug-likeness (QED) is 0.0261. The second-order valence-corrected chi connectivity index (χ2v) is 19.1. The maximum atomic E-state index is 12.8. The van der Waals surface area contributed by atoms with Crippen LogP contribution in [0.5, 0.6) is 0 Å². The van der Waals surface area contributed by atoms with Crippen molar-refractivity contribution in [3.63, 3.8) is 0 Å². The Hall–Kier alpha value is -4.19. The lowest BCUT2D eigenvalue weighted by atomic mass is 10.1. The highest BCUT2D eigenvalue weighted by atomic mass is 16.6. The molecule has 0 spiro atoms. The lowest BCUT2D eigenvalue weighted by molar-refractivity contribution is -0.167. The lowest BCUT2D eigenvalue weighted by Gasteiger charge is -2.18. The number of unbranched alkanes of at least 4 members (excludes halogenated alkanes) is 21. The summed E-state index contributed by atoms with van der Waals surface area (Å²) in [5, 5.41) is 0. The van der Waals surface area contributed by atoms with Crippen molar-refractivity contribution in [3.05, 3.63) is 122 Å². The van der Waals surface area contributed by atoms with Crippen LogP contribution >= 0.6 is 0 Å². The molecule has 0 radical (unpaired) electrons. The molecule has 1 unspecified atom stereocenters. The molecule has 0 saturated carbocycles. The molecule has 0 saturated heterocycles. The first-order chi connectivity index (χ1) is 35.5. The van der Waals surface area contributed by atoms with Gasteiger partial charge in [-0.1, -0.05) is 251 Å². The first kappa shape index (κ1) is 67.8. The maximum absolute atomic E-state index is 12.8. The summed E-state index contributed by atoms with van der Waals surface area (Å²) in [6.45, 7) is 6.34. The van der Waals surface area contributed by atoms with E-state index in [0.717, 1.165) is 135 Å². The van der Waals surface area contributed by atoms with Gasteiger partial charge in [0.25, 0.3) is 0 Å². The molecule has 0 rings (SSSR count). The largest absolute Gasteiger partial charge is 0.462 e. The van der Waals surface area contributed by atoms with Crippen molar-refractivity contribution >= 4 is 17.9 Å². The monoisotopic (exact) mass is 997 g/mol. The summed E-state index contributed by atoms with van der Waals surface area (Å²) >= 11 is 0.